The maximum absolute atomic E-state index is 13.2. The highest BCUT2D eigenvalue weighted by Gasteiger charge is 2.28. The third-order valence-corrected chi connectivity index (χ3v) is 6.35. The summed E-state index contributed by atoms with van der Waals surface area (Å²) in [6, 6.07) is 15.9. The lowest BCUT2D eigenvalue weighted by atomic mass is 10.1. The SMILES string of the molecule is Cc1ccc(CCC(=O)N(Cc2cccc(Br)c2)[C@H](C)C(=O)NC2CCCC2)cc1. The second-order valence-electron chi connectivity index (χ2n) is 8.30. The summed E-state index contributed by atoms with van der Waals surface area (Å²) >= 11 is 3.50. The molecular weight excluding hydrogens is 440 g/mol. The van der Waals surface area contributed by atoms with Gasteiger partial charge in [-0.1, -0.05) is 70.7 Å². The largest absolute Gasteiger partial charge is 0.352 e. The number of carbonyl (C=O) groups is 2. The molecule has 0 aromatic heterocycles. The molecule has 2 aromatic carbocycles. The van der Waals surface area contributed by atoms with Gasteiger partial charge in [-0.25, -0.2) is 0 Å². The highest BCUT2D eigenvalue weighted by atomic mass is 79.9. The smallest absolute Gasteiger partial charge is 0.242 e. The summed E-state index contributed by atoms with van der Waals surface area (Å²) in [6.45, 7) is 4.32. The van der Waals surface area contributed by atoms with E-state index in [-0.39, 0.29) is 17.9 Å². The lowest BCUT2D eigenvalue weighted by molar-refractivity contribution is -0.140. The van der Waals surface area contributed by atoms with E-state index in [1.165, 1.54) is 5.56 Å². The number of rotatable bonds is 8. The van der Waals surface area contributed by atoms with Crippen molar-refractivity contribution in [3.63, 3.8) is 0 Å². The maximum Gasteiger partial charge on any atom is 0.242 e. The molecule has 0 spiro atoms. The topological polar surface area (TPSA) is 49.4 Å². The van der Waals surface area contributed by atoms with Gasteiger partial charge in [-0.15, -0.1) is 0 Å². The van der Waals surface area contributed by atoms with Crippen molar-refractivity contribution < 1.29 is 9.59 Å². The first-order valence-corrected chi connectivity index (χ1v) is 11.6. The van der Waals surface area contributed by atoms with Crippen LogP contribution < -0.4 is 5.32 Å². The fraction of sp³-hybridized carbons (Fsp3) is 0.440. The van der Waals surface area contributed by atoms with Crippen molar-refractivity contribution >= 4 is 27.7 Å². The van der Waals surface area contributed by atoms with Crippen LogP contribution in [0.5, 0.6) is 0 Å². The standard InChI is InChI=1S/C25H31BrN2O2/c1-18-10-12-20(13-11-18)14-15-24(29)28(17-21-6-5-7-22(26)16-21)19(2)25(30)27-23-8-3-4-9-23/h5-7,10-13,16,19,23H,3-4,8-9,14-15,17H2,1-2H3,(H,27,30)/t19-/m1/s1. The molecule has 1 fully saturated rings. The quantitative estimate of drug-likeness (QED) is 0.578. The number of nitrogens with one attached hydrogen (secondary N) is 1. The summed E-state index contributed by atoms with van der Waals surface area (Å²) in [5.41, 5.74) is 3.35. The molecular formula is C25H31BrN2O2. The lowest BCUT2D eigenvalue weighted by Gasteiger charge is -2.30. The molecule has 1 atom stereocenters. The van der Waals surface area contributed by atoms with E-state index < -0.39 is 6.04 Å². The van der Waals surface area contributed by atoms with Gasteiger partial charge in [0, 0.05) is 23.5 Å². The fourth-order valence-electron chi connectivity index (χ4n) is 3.96. The van der Waals surface area contributed by atoms with E-state index in [9.17, 15) is 9.59 Å². The molecule has 0 radical (unpaired) electrons. The van der Waals surface area contributed by atoms with Crippen LogP contribution >= 0.6 is 15.9 Å². The van der Waals surface area contributed by atoms with Crippen LogP contribution in [0.15, 0.2) is 53.0 Å². The molecule has 3 rings (SSSR count). The molecule has 30 heavy (non-hydrogen) atoms. The Balaban J connectivity index is 1.70. The Kier molecular flexibility index (Phi) is 8.08. The van der Waals surface area contributed by atoms with E-state index in [1.54, 1.807) is 4.90 Å². The van der Waals surface area contributed by atoms with Crippen molar-refractivity contribution in [2.24, 2.45) is 0 Å². The second-order valence-corrected chi connectivity index (χ2v) is 9.22. The van der Waals surface area contributed by atoms with Crippen molar-refractivity contribution in [1.29, 1.82) is 0 Å². The molecule has 160 valence electrons. The Morgan fingerprint density at radius 3 is 2.47 bits per heavy atom. The number of nitrogens with zero attached hydrogens (tertiary/aromatic N) is 1. The monoisotopic (exact) mass is 470 g/mol. The third-order valence-electron chi connectivity index (χ3n) is 5.86. The summed E-state index contributed by atoms with van der Waals surface area (Å²) in [6.07, 6.45) is 5.45. The zero-order valence-electron chi connectivity index (χ0n) is 17.9. The van der Waals surface area contributed by atoms with E-state index in [1.807, 2.05) is 31.2 Å². The second kappa shape index (κ2) is 10.8. The van der Waals surface area contributed by atoms with Gasteiger partial charge in [-0.05, 0) is 56.4 Å². The van der Waals surface area contributed by atoms with Crippen molar-refractivity contribution in [2.75, 3.05) is 0 Å². The zero-order chi connectivity index (χ0) is 21.5. The number of benzene rings is 2. The number of hydrogen-bond donors (Lipinski definition) is 1. The molecule has 0 heterocycles. The molecule has 2 amide bonds. The summed E-state index contributed by atoms with van der Waals surface area (Å²) in [7, 11) is 0. The summed E-state index contributed by atoms with van der Waals surface area (Å²) in [5, 5.41) is 3.15. The van der Waals surface area contributed by atoms with Crippen LogP contribution in [-0.2, 0) is 22.6 Å². The van der Waals surface area contributed by atoms with Crippen molar-refractivity contribution in [2.45, 2.75) is 71.0 Å². The molecule has 2 aromatic rings. The molecule has 1 N–H and O–H groups in total. The Bertz CT molecular complexity index is 860. The van der Waals surface area contributed by atoms with Gasteiger partial charge in [-0.3, -0.25) is 9.59 Å². The van der Waals surface area contributed by atoms with E-state index in [4.69, 9.17) is 0 Å². The molecule has 5 heteroatoms. The van der Waals surface area contributed by atoms with E-state index in [0.29, 0.717) is 19.4 Å². The van der Waals surface area contributed by atoms with Crippen LogP contribution in [-0.4, -0.2) is 28.8 Å². The molecule has 1 aliphatic carbocycles. The number of amides is 2. The fourth-order valence-corrected chi connectivity index (χ4v) is 4.40. The Labute approximate surface area is 188 Å². The first-order valence-electron chi connectivity index (χ1n) is 10.8. The van der Waals surface area contributed by atoms with Crippen LogP contribution in [0.1, 0.15) is 55.7 Å². The average molecular weight is 471 g/mol. The number of aryl methyl sites for hydroxylation is 2. The number of carbonyl (C=O) groups excluding carboxylic acids is 2. The van der Waals surface area contributed by atoms with Gasteiger partial charge in [0.1, 0.15) is 6.04 Å². The van der Waals surface area contributed by atoms with Crippen LogP contribution in [0.3, 0.4) is 0 Å². The predicted molar refractivity (Wildman–Crippen MR) is 124 cm³/mol. The van der Waals surface area contributed by atoms with Gasteiger partial charge < -0.3 is 10.2 Å². The Hall–Kier alpha value is -2.14. The van der Waals surface area contributed by atoms with Gasteiger partial charge >= 0.3 is 0 Å². The van der Waals surface area contributed by atoms with Gasteiger partial charge in [0.25, 0.3) is 0 Å². The lowest BCUT2D eigenvalue weighted by Crippen LogP contribution is -2.49. The normalized spacial score (nSPS) is 15.0. The van der Waals surface area contributed by atoms with Crippen molar-refractivity contribution in [3.8, 4) is 0 Å². The summed E-state index contributed by atoms with van der Waals surface area (Å²) < 4.78 is 0.968. The highest BCUT2D eigenvalue weighted by molar-refractivity contribution is 9.10. The molecule has 0 unspecified atom stereocenters. The van der Waals surface area contributed by atoms with Crippen LogP contribution in [0.25, 0.3) is 0 Å². The van der Waals surface area contributed by atoms with E-state index in [0.717, 1.165) is 41.3 Å². The predicted octanol–water partition coefficient (Wildman–Crippen LogP) is 5.17. The number of halogens is 1. The van der Waals surface area contributed by atoms with E-state index in [2.05, 4.69) is 52.4 Å². The highest BCUT2D eigenvalue weighted by Crippen LogP contribution is 2.20. The minimum Gasteiger partial charge on any atom is -0.352 e. The van der Waals surface area contributed by atoms with E-state index >= 15 is 0 Å². The molecule has 0 saturated heterocycles. The molecule has 0 aliphatic heterocycles. The average Bonchev–Trinajstić information content (AvgIpc) is 3.24. The van der Waals surface area contributed by atoms with Gasteiger partial charge in [0.05, 0.1) is 0 Å². The van der Waals surface area contributed by atoms with Crippen LogP contribution in [0, 0.1) is 6.92 Å². The van der Waals surface area contributed by atoms with Crippen LogP contribution in [0.4, 0.5) is 0 Å². The van der Waals surface area contributed by atoms with Gasteiger partial charge in [0.15, 0.2) is 0 Å². The van der Waals surface area contributed by atoms with Crippen molar-refractivity contribution in [1.82, 2.24) is 10.2 Å². The third kappa shape index (κ3) is 6.43. The zero-order valence-corrected chi connectivity index (χ0v) is 19.5. The molecule has 1 aliphatic rings. The number of hydrogen-bond acceptors (Lipinski definition) is 2. The molecule has 0 bridgehead atoms. The minimum absolute atomic E-state index is 0.00428. The van der Waals surface area contributed by atoms with Gasteiger partial charge in [-0.2, -0.15) is 0 Å². The summed E-state index contributed by atoms with van der Waals surface area (Å²) in [4.78, 5) is 27.8. The van der Waals surface area contributed by atoms with Crippen LogP contribution in [0.2, 0.25) is 0 Å². The molecule has 4 nitrogen and oxygen atoms in total. The summed E-state index contributed by atoms with van der Waals surface area (Å²) in [5.74, 6) is -0.0507. The first-order chi connectivity index (χ1) is 14.4. The minimum atomic E-state index is -0.505. The Morgan fingerprint density at radius 2 is 1.80 bits per heavy atom. The first kappa shape index (κ1) is 22.5. The maximum atomic E-state index is 13.2. The Morgan fingerprint density at radius 1 is 1.10 bits per heavy atom. The van der Waals surface area contributed by atoms with Gasteiger partial charge in [0.2, 0.25) is 11.8 Å². The van der Waals surface area contributed by atoms with Crippen molar-refractivity contribution in [3.05, 3.63) is 69.7 Å². The molecule has 1 saturated carbocycles.